The van der Waals surface area contributed by atoms with Crippen molar-refractivity contribution in [3.05, 3.63) is 30.1 Å². The zero-order chi connectivity index (χ0) is 12.0. The Morgan fingerprint density at radius 1 is 1.41 bits per heavy atom. The van der Waals surface area contributed by atoms with E-state index in [0.29, 0.717) is 12.4 Å². The average molecular weight is 263 g/mol. The van der Waals surface area contributed by atoms with Crippen LogP contribution in [0.3, 0.4) is 0 Å². The van der Waals surface area contributed by atoms with E-state index in [0.717, 1.165) is 13.1 Å². The van der Waals surface area contributed by atoms with Crippen LogP contribution in [0.1, 0.15) is 6.92 Å². The van der Waals surface area contributed by atoms with Crippen LogP contribution in [-0.4, -0.2) is 37.7 Å². The van der Waals surface area contributed by atoms with E-state index in [1.165, 1.54) is 6.07 Å². The smallest absolute Gasteiger partial charge is 0.165 e. The molecule has 0 amide bonds. The lowest BCUT2D eigenvalue weighted by atomic mass is 10.3. The summed E-state index contributed by atoms with van der Waals surface area (Å²) in [7, 11) is 1.97. The Morgan fingerprint density at radius 2 is 2.06 bits per heavy atom. The minimum absolute atomic E-state index is 0. The number of likely N-dealkylation sites (N-methyl/N-ethyl adjacent to an activating group) is 1. The number of halogens is 2. The largest absolute Gasteiger partial charge is 0.489 e. The van der Waals surface area contributed by atoms with Gasteiger partial charge >= 0.3 is 0 Å². The summed E-state index contributed by atoms with van der Waals surface area (Å²) in [6.07, 6.45) is 0. The maximum Gasteiger partial charge on any atom is 0.165 e. The van der Waals surface area contributed by atoms with Crippen LogP contribution in [0.4, 0.5) is 4.39 Å². The van der Waals surface area contributed by atoms with Gasteiger partial charge < -0.3 is 15.4 Å². The molecule has 1 unspecified atom stereocenters. The lowest BCUT2D eigenvalue weighted by Gasteiger charge is -2.18. The summed E-state index contributed by atoms with van der Waals surface area (Å²) in [5.74, 6) is -0.0194. The fourth-order valence-corrected chi connectivity index (χ4v) is 1.46. The van der Waals surface area contributed by atoms with Crippen molar-refractivity contribution in [2.45, 2.75) is 13.0 Å². The molecule has 0 aromatic heterocycles. The zero-order valence-electron chi connectivity index (χ0n) is 10.2. The minimum atomic E-state index is -0.322. The van der Waals surface area contributed by atoms with Gasteiger partial charge in [-0.3, -0.25) is 0 Å². The Balaban J connectivity index is 0.00000256. The SMILES string of the molecule is CC(N)CN(C)CCOc1ccccc1F.Cl. The fraction of sp³-hybridized carbons (Fsp3) is 0.500. The van der Waals surface area contributed by atoms with Gasteiger partial charge in [0.1, 0.15) is 6.61 Å². The monoisotopic (exact) mass is 262 g/mol. The molecule has 2 N–H and O–H groups in total. The normalized spacial score (nSPS) is 12.1. The van der Waals surface area contributed by atoms with Crippen LogP contribution in [0.15, 0.2) is 24.3 Å². The first-order chi connectivity index (χ1) is 7.59. The zero-order valence-corrected chi connectivity index (χ0v) is 11.0. The van der Waals surface area contributed by atoms with Gasteiger partial charge in [-0.15, -0.1) is 12.4 Å². The van der Waals surface area contributed by atoms with E-state index >= 15 is 0 Å². The second kappa shape index (κ2) is 8.28. The molecule has 17 heavy (non-hydrogen) atoms. The molecule has 3 nitrogen and oxygen atoms in total. The van der Waals surface area contributed by atoms with Crippen LogP contribution < -0.4 is 10.5 Å². The number of para-hydroxylation sites is 1. The van der Waals surface area contributed by atoms with Gasteiger partial charge in [-0.05, 0) is 26.1 Å². The Kier molecular flexibility index (Phi) is 7.87. The van der Waals surface area contributed by atoms with Gasteiger partial charge in [-0.1, -0.05) is 12.1 Å². The van der Waals surface area contributed by atoms with E-state index < -0.39 is 0 Å². The predicted molar refractivity (Wildman–Crippen MR) is 70.3 cm³/mol. The topological polar surface area (TPSA) is 38.5 Å². The maximum absolute atomic E-state index is 13.2. The predicted octanol–water partition coefficient (Wildman–Crippen LogP) is 1.91. The molecule has 1 rings (SSSR count). The highest BCUT2D eigenvalue weighted by Gasteiger charge is 2.04. The van der Waals surface area contributed by atoms with Crippen molar-refractivity contribution in [2.24, 2.45) is 5.73 Å². The highest BCUT2D eigenvalue weighted by molar-refractivity contribution is 5.85. The molecule has 0 spiro atoms. The number of nitrogens with zero attached hydrogens (tertiary/aromatic N) is 1. The van der Waals surface area contributed by atoms with Crippen LogP contribution in [0.2, 0.25) is 0 Å². The summed E-state index contributed by atoms with van der Waals surface area (Å²) >= 11 is 0. The number of ether oxygens (including phenoxy) is 1. The third-order valence-electron chi connectivity index (χ3n) is 2.17. The quantitative estimate of drug-likeness (QED) is 0.851. The van der Waals surface area contributed by atoms with Gasteiger partial charge in [0, 0.05) is 19.1 Å². The summed E-state index contributed by atoms with van der Waals surface area (Å²) in [4.78, 5) is 2.06. The molecule has 5 heteroatoms. The molecule has 0 aliphatic carbocycles. The molecule has 0 radical (unpaired) electrons. The fourth-order valence-electron chi connectivity index (χ4n) is 1.46. The van der Waals surface area contributed by atoms with E-state index in [4.69, 9.17) is 10.5 Å². The van der Waals surface area contributed by atoms with Gasteiger partial charge in [0.25, 0.3) is 0 Å². The van der Waals surface area contributed by atoms with E-state index in [1.54, 1.807) is 18.2 Å². The van der Waals surface area contributed by atoms with Gasteiger partial charge in [0.05, 0.1) is 0 Å². The van der Waals surface area contributed by atoms with Crippen molar-refractivity contribution in [2.75, 3.05) is 26.7 Å². The van der Waals surface area contributed by atoms with Crippen molar-refractivity contribution in [3.63, 3.8) is 0 Å². The molecule has 0 fully saturated rings. The molecule has 0 aliphatic heterocycles. The first-order valence-corrected chi connectivity index (χ1v) is 5.41. The number of hydrogen-bond acceptors (Lipinski definition) is 3. The van der Waals surface area contributed by atoms with E-state index in [-0.39, 0.29) is 24.3 Å². The molecular formula is C12H20ClFN2O. The standard InChI is InChI=1S/C12H19FN2O.ClH/c1-10(14)9-15(2)7-8-16-12-6-4-3-5-11(12)13;/h3-6,10H,7-9,14H2,1-2H3;1H. The molecule has 1 atom stereocenters. The van der Waals surface area contributed by atoms with E-state index in [2.05, 4.69) is 4.90 Å². The van der Waals surface area contributed by atoms with Crippen LogP contribution >= 0.6 is 12.4 Å². The van der Waals surface area contributed by atoms with Crippen LogP contribution in [0.25, 0.3) is 0 Å². The Bertz CT molecular complexity index is 323. The molecule has 98 valence electrons. The molecule has 1 aromatic carbocycles. The van der Waals surface area contributed by atoms with Crippen molar-refractivity contribution >= 4 is 12.4 Å². The molecule has 0 aliphatic rings. The lowest BCUT2D eigenvalue weighted by molar-refractivity contribution is 0.225. The second-order valence-electron chi connectivity index (χ2n) is 4.02. The van der Waals surface area contributed by atoms with Crippen molar-refractivity contribution in [1.82, 2.24) is 4.90 Å². The Hall–Kier alpha value is -0.840. The first kappa shape index (κ1) is 16.2. The molecule has 1 aromatic rings. The maximum atomic E-state index is 13.2. The highest BCUT2D eigenvalue weighted by Crippen LogP contribution is 2.14. The van der Waals surface area contributed by atoms with Crippen molar-refractivity contribution in [1.29, 1.82) is 0 Å². The average Bonchev–Trinajstić information content (AvgIpc) is 2.19. The third-order valence-corrected chi connectivity index (χ3v) is 2.17. The van der Waals surface area contributed by atoms with Crippen molar-refractivity contribution < 1.29 is 9.13 Å². The molecule has 0 saturated heterocycles. The lowest BCUT2D eigenvalue weighted by Crippen LogP contribution is -2.35. The molecule has 0 bridgehead atoms. The summed E-state index contributed by atoms with van der Waals surface area (Å²) in [6.45, 7) is 3.95. The summed E-state index contributed by atoms with van der Waals surface area (Å²) in [6, 6.07) is 6.55. The Morgan fingerprint density at radius 3 is 2.65 bits per heavy atom. The van der Waals surface area contributed by atoms with E-state index in [9.17, 15) is 4.39 Å². The van der Waals surface area contributed by atoms with E-state index in [1.807, 2.05) is 14.0 Å². The number of nitrogens with two attached hydrogens (primary N) is 1. The van der Waals surface area contributed by atoms with Gasteiger partial charge in [-0.2, -0.15) is 0 Å². The molecule has 0 saturated carbocycles. The summed E-state index contributed by atoms with van der Waals surface area (Å²) < 4.78 is 18.5. The first-order valence-electron chi connectivity index (χ1n) is 5.41. The highest BCUT2D eigenvalue weighted by atomic mass is 35.5. The Labute approximate surface area is 108 Å². The summed E-state index contributed by atoms with van der Waals surface area (Å²) in [5, 5.41) is 0. The number of rotatable bonds is 6. The number of hydrogen-bond donors (Lipinski definition) is 1. The van der Waals surface area contributed by atoms with Gasteiger partial charge in [0.15, 0.2) is 11.6 Å². The van der Waals surface area contributed by atoms with Crippen molar-refractivity contribution in [3.8, 4) is 5.75 Å². The molecular weight excluding hydrogens is 243 g/mol. The summed E-state index contributed by atoms with van der Waals surface area (Å²) in [5.41, 5.74) is 5.66. The van der Waals surface area contributed by atoms with Crippen LogP contribution in [0, 0.1) is 5.82 Å². The van der Waals surface area contributed by atoms with Crippen LogP contribution in [0.5, 0.6) is 5.75 Å². The third kappa shape index (κ3) is 6.46. The number of benzene rings is 1. The minimum Gasteiger partial charge on any atom is -0.489 e. The van der Waals surface area contributed by atoms with Crippen LogP contribution in [-0.2, 0) is 0 Å². The van der Waals surface area contributed by atoms with Gasteiger partial charge in [0.2, 0.25) is 0 Å². The molecule has 0 heterocycles. The van der Waals surface area contributed by atoms with Gasteiger partial charge in [-0.25, -0.2) is 4.39 Å². The second-order valence-corrected chi connectivity index (χ2v) is 4.02.